The van der Waals surface area contributed by atoms with E-state index in [4.69, 9.17) is 32.7 Å². The van der Waals surface area contributed by atoms with Crippen LogP contribution in [0.1, 0.15) is 24.5 Å². The van der Waals surface area contributed by atoms with Crippen molar-refractivity contribution in [2.24, 2.45) is 4.99 Å². The van der Waals surface area contributed by atoms with Crippen LogP contribution in [-0.2, 0) is 0 Å². The second kappa shape index (κ2) is 8.23. The van der Waals surface area contributed by atoms with Crippen molar-refractivity contribution in [3.63, 3.8) is 0 Å². The number of halogens is 2. The number of rotatable bonds is 6. The Morgan fingerprint density at radius 3 is 2.65 bits per heavy atom. The summed E-state index contributed by atoms with van der Waals surface area (Å²) in [5.41, 5.74) is 2.58. The molecule has 0 aliphatic rings. The number of methoxy groups -OCH3 is 1. The average Bonchev–Trinajstić information content (AvgIpc) is 2.54. The number of aliphatic imine (C=N–C) groups is 1. The summed E-state index contributed by atoms with van der Waals surface area (Å²) in [6.07, 6.45) is 2.63. The van der Waals surface area contributed by atoms with Crippen molar-refractivity contribution in [1.29, 1.82) is 0 Å². The molecular formula is C18H19Cl2NO2. The van der Waals surface area contributed by atoms with Crippen molar-refractivity contribution in [1.82, 2.24) is 0 Å². The molecule has 0 spiro atoms. The summed E-state index contributed by atoms with van der Waals surface area (Å²) in [4.78, 5) is 4.48. The Kier molecular flexibility index (Phi) is 6.31. The molecule has 0 radical (unpaired) electrons. The Morgan fingerprint density at radius 2 is 1.96 bits per heavy atom. The van der Waals surface area contributed by atoms with Gasteiger partial charge < -0.3 is 9.47 Å². The maximum absolute atomic E-state index is 6.30. The van der Waals surface area contributed by atoms with Crippen molar-refractivity contribution in [3.05, 3.63) is 51.5 Å². The lowest BCUT2D eigenvalue weighted by Gasteiger charge is -2.12. The Balaban J connectivity index is 2.31. The fourth-order valence-electron chi connectivity index (χ4n) is 2.04. The van der Waals surface area contributed by atoms with Gasteiger partial charge in [0.05, 0.1) is 24.4 Å². The summed E-state index contributed by atoms with van der Waals surface area (Å²) in [6.45, 7) is 4.56. The van der Waals surface area contributed by atoms with Crippen LogP contribution in [0.15, 0.2) is 35.3 Å². The third-order valence-electron chi connectivity index (χ3n) is 3.29. The molecule has 0 atom stereocenters. The molecule has 5 heteroatoms. The van der Waals surface area contributed by atoms with E-state index in [0.717, 1.165) is 23.2 Å². The second-order valence-corrected chi connectivity index (χ2v) is 5.84. The van der Waals surface area contributed by atoms with Gasteiger partial charge in [0.2, 0.25) is 0 Å². The molecular weight excluding hydrogens is 333 g/mol. The molecule has 0 heterocycles. The van der Waals surface area contributed by atoms with Crippen LogP contribution >= 0.6 is 23.2 Å². The third-order valence-corrected chi connectivity index (χ3v) is 3.98. The van der Waals surface area contributed by atoms with Crippen LogP contribution in [0.2, 0.25) is 10.0 Å². The smallest absolute Gasteiger partial charge is 0.179 e. The fourth-order valence-corrected chi connectivity index (χ4v) is 2.48. The highest BCUT2D eigenvalue weighted by Crippen LogP contribution is 2.36. The molecule has 2 aromatic carbocycles. The zero-order chi connectivity index (χ0) is 16.8. The van der Waals surface area contributed by atoms with E-state index in [1.165, 1.54) is 0 Å². The van der Waals surface area contributed by atoms with Crippen molar-refractivity contribution in [2.75, 3.05) is 13.7 Å². The molecule has 2 aromatic rings. The lowest BCUT2D eigenvalue weighted by Crippen LogP contribution is -1.99. The van der Waals surface area contributed by atoms with Gasteiger partial charge >= 0.3 is 0 Å². The molecule has 0 aliphatic heterocycles. The molecule has 0 saturated heterocycles. The van der Waals surface area contributed by atoms with Gasteiger partial charge in [0, 0.05) is 11.2 Å². The number of hydrogen-bond donors (Lipinski definition) is 0. The van der Waals surface area contributed by atoms with Gasteiger partial charge in [0.1, 0.15) is 0 Å². The van der Waals surface area contributed by atoms with Crippen LogP contribution in [-0.4, -0.2) is 19.9 Å². The van der Waals surface area contributed by atoms with Crippen molar-refractivity contribution < 1.29 is 9.47 Å². The van der Waals surface area contributed by atoms with Gasteiger partial charge in [-0.05, 0) is 48.7 Å². The van der Waals surface area contributed by atoms with Crippen LogP contribution in [0, 0.1) is 6.92 Å². The van der Waals surface area contributed by atoms with Crippen LogP contribution < -0.4 is 9.47 Å². The Morgan fingerprint density at radius 1 is 1.17 bits per heavy atom. The highest BCUT2D eigenvalue weighted by Gasteiger charge is 2.11. The highest BCUT2D eigenvalue weighted by atomic mass is 35.5. The largest absolute Gasteiger partial charge is 0.493 e. The van der Waals surface area contributed by atoms with Gasteiger partial charge in [0.25, 0.3) is 0 Å². The number of hydrogen-bond acceptors (Lipinski definition) is 3. The molecule has 0 unspecified atom stereocenters. The first-order chi connectivity index (χ1) is 11.1. The predicted octanol–water partition coefficient (Wildman–Crippen LogP) is 5.85. The van der Waals surface area contributed by atoms with Gasteiger partial charge in [0.15, 0.2) is 11.5 Å². The number of ether oxygens (including phenoxy) is 2. The molecule has 0 amide bonds. The van der Waals surface area contributed by atoms with Gasteiger partial charge in [-0.1, -0.05) is 36.2 Å². The highest BCUT2D eigenvalue weighted by molar-refractivity contribution is 6.32. The van der Waals surface area contributed by atoms with Gasteiger partial charge in [-0.2, -0.15) is 0 Å². The molecule has 2 rings (SSSR count). The summed E-state index contributed by atoms with van der Waals surface area (Å²) >= 11 is 12.4. The maximum Gasteiger partial charge on any atom is 0.179 e. The van der Waals surface area contributed by atoms with Gasteiger partial charge in [-0.25, -0.2) is 0 Å². The summed E-state index contributed by atoms with van der Waals surface area (Å²) in [5, 5.41) is 1.20. The third kappa shape index (κ3) is 4.40. The lowest BCUT2D eigenvalue weighted by molar-refractivity contribution is 0.294. The molecule has 0 fully saturated rings. The summed E-state index contributed by atoms with van der Waals surface area (Å²) in [5.74, 6) is 1.15. The second-order valence-electron chi connectivity index (χ2n) is 5.02. The molecule has 0 saturated carbocycles. The molecule has 0 aromatic heterocycles. The normalized spacial score (nSPS) is 11.0. The average molecular weight is 352 g/mol. The van der Waals surface area contributed by atoms with Crippen LogP contribution in [0.25, 0.3) is 0 Å². The number of benzene rings is 2. The SMILES string of the molecule is CCCOc1c(Cl)cc(C=Nc2cccc(Cl)c2C)cc1OC. The maximum atomic E-state index is 6.30. The topological polar surface area (TPSA) is 30.8 Å². The monoisotopic (exact) mass is 351 g/mol. The minimum Gasteiger partial charge on any atom is -0.493 e. The van der Waals surface area contributed by atoms with Gasteiger partial charge in [-0.15, -0.1) is 0 Å². The van der Waals surface area contributed by atoms with Crippen molar-refractivity contribution >= 4 is 35.1 Å². The lowest BCUT2D eigenvalue weighted by atomic mass is 10.2. The minimum absolute atomic E-state index is 0.502. The zero-order valence-corrected chi connectivity index (χ0v) is 14.9. The van der Waals surface area contributed by atoms with E-state index in [2.05, 4.69) is 4.99 Å². The first-order valence-corrected chi connectivity index (χ1v) is 8.12. The Bertz CT molecular complexity index is 714. The first-order valence-electron chi connectivity index (χ1n) is 7.36. The van der Waals surface area contributed by atoms with Crippen LogP contribution in [0.4, 0.5) is 5.69 Å². The summed E-state index contributed by atoms with van der Waals surface area (Å²) < 4.78 is 11.0. The van der Waals surface area contributed by atoms with Crippen molar-refractivity contribution in [2.45, 2.75) is 20.3 Å². The van der Waals surface area contributed by atoms with E-state index < -0.39 is 0 Å². The fraction of sp³-hybridized carbons (Fsp3) is 0.278. The standard InChI is InChI=1S/C18H19Cl2NO2/c1-4-8-23-18-15(20)9-13(10-17(18)22-3)11-21-16-7-5-6-14(19)12(16)2/h5-7,9-11H,4,8H2,1-3H3. The minimum atomic E-state index is 0.502. The van der Waals surface area contributed by atoms with E-state index in [0.29, 0.717) is 28.2 Å². The molecule has 0 bridgehead atoms. The van der Waals surface area contributed by atoms with E-state index in [9.17, 15) is 0 Å². The van der Waals surface area contributed by atoms with Crippen LogP contribution in [0.5, 0.6) is 11.5 Å². The van der Waals surface area contributed by atoms with Crippen LogP contribution in [0.3, 0.4) is 0 Å². The van der Waals surface area contributed by atoms with E-state index in [1.807, 2.05) is 38.1 Å². The van der Waals surface area contributed by atoms with E-state index >= 15 is 0 Å². The van der Waals surface area contributed by atoms with Crippen molar-refractivity contribution in [3.8, 4) is 11.5 Å². The summed E-state index contributed by atoms with van der Waals surface area (Å²) in [7, 11) is 1.59. The van der Waals surface area contributed by atoms with Gasteiger partial charge in [-0.3, -0.25) is 4.99 Å². The quantitative estimate of drug-likeness (QED) is 0.611. The zero-order valence-electron chi connectivity index (χ0n) is 13.4. The molecule has 0 aliphatic carbocycles. The Labute approximate surface area is 146 Å². The molecule has 23 heavy (non-hydrogen) atoms. The molecule has 0 N–H and O–H groups in total. The summed E-state index contributed by atoms with van der Waals surface area (Å²) in [6, 6.07) is 9.28. The molecule has 3 nitrogen and oxygen atoms in total. The molecule has 122 valence electrons. The first kappa shape index (κ1) is 17.6. The van der Waals surface area contributed by atoms with E-state index in [-0.39, 0.29) is 0 Å². The predicted molar refractivity (Wildman–Crippen MR) is 97.2 cm³/mol. The Hall–Kier alpha value is -1.71. The van der Waals surface area contributed by atoms with E-state index in [1.54, 1.807) is 19.4 Å². The number of nitrogens with zero attached hydrogens (tertiary/aromatic N) is 1.